The fraction of sp³-hybridized carbons (Fsp3) is 0.455. The molecule has 0 saturated heterocycles. The van der Waals surface area contributed by atoms with Crippen molar-refractivity contribution in [2.45, 2.75) is 12.8 Å². The van der Waals surface area contributed by atoms with Crippen molar-refractivity contribution in [1.29, 1.82) is 0 Å². The van der Waals surface area contributed by atoms with E-state index in [9.17, 15) is 0 Å². The Labute approximate surface area is 89.0 Å². The lowest BCUT2D eigenvalue weighted by atomic mass is 10.0. The smallest absolute Gasteiger partial charge is 0.165 e. The molecular formula is C11H16N2O2. The molecule has 1 aliphatic rings. The van der Waals surface area contributed by atoms with Crippen molar-refractivity contribution in [3.8, 4) is 5.75 Å². The van der Waals surface area contributed by atoms with Crippen LogP contribution in [0, 0.1) is 0 Å². The van der Waals surface area contributed by atoms with Crippen LogP contribution in [-0.4, -0.2) is 24.9 Å². The van der Waals surface area contributed by atoms with Crippen molar-refractivity contribution in [2.75, 3.05) is 30.8 Å². The number of aliphatic hydroxyl groups is 1. The number of nitrogens with one attached hydrogen (secondary N) is 1. The summed E-state index contributed by atoms with van der Waals surface area (Å²) in [6.07, 6.45) is 2.19. The normalized spacial score (nSPS) is 14.2. The second-order valence-electron chi connectivity index (χ2n) is 3.62. The van der Waals surface area contributed by atoms with Crippen LogP contribution in [0.1, 0.15) is 12.0 Å². The van der Waals surface area contributed by atoms with Crippen LogP contribution in [0.3, 0.4) is 0 Å². The maximum Gasteiger partial charge on any atom is 0.165 e. The van der Waals surface area contributed by atoms with Gasteiger partial charge in [0, 0.05) is 6.54 Å². The first-order valence-electron chi connectivity index (χ1n) is 5.22. The minimum Gasteiger partial charge on any atom is -0.487 e. The number of rotatable bonds is 3. The van der Waals surface area contributed by atoms with Gasteiger partial charge in [0.25, 0.3) is 0 Å². The Kier molecular flexibility index (Phi) is 2.97. The van der Waals surface area contributed by atoms with Crippen LogP contribution in [-0.2, 0) is 6.42 Å². The third kappa shape index (κ3) is 1.99. The molecule has 0 fully saturated rings. The summed E-state index contributed by atoms with van der Waals surface area (Å²) in [7, 11) is 0. The number of hydrogen-bond acceptors (Lipinski definition) is 4. The van der Waals surface area contributed by atoms with Gasteiger partial charge in [-0.25, -0.2) is 0 Å². The average Bonchev–Trinajstić information content (AvgIpc) is 2.28. The third-order valence-corrected chi connectivity index (χ3v) is 2.54. The Hall–Kier alpha value is -1.42. The number of hydrogen-bond donors (Lipinski definition) is 3. The molecule has 0 unspecified atom stereocenters. The molecule has 4 heteroatoms. The molecular weight excluding hydrogens is 192 g/mol. The van der Waals surface area contributed by atoms with Gasteiger partial charge in [0.1, 0.15) is 6.61 Å². The number of nitrogens with two attached hydrogens (primary N) is 1. The van der Waals surface area contributed by atoms with Gasteiger partial charge in [-0.15, -0.1) is 0 Å². The molecule has 0 radical (unpaired) electrons. The topological polar surface area (TPSA) is 67.5 Å². The van der Waals surface area contributed by atoms with E-state index in [1.807, 2.05) is 12.1 Å². The molecule has 0 saturated carbocycles. The SMILES string of the molecule is Nc1ccc2c(c1OCCO)NCCC2. The van der Waals surface area contributed by atoms with Crippen LogP contribution >= 0.6 is 0 Å². The highest BCUT2D eigenvalue weighted by Crippen LogP contribution is 2.37. The van der Waals surface area contributed by atoms with Gasteiger partial charge in [0.2, 0.25) is 0 Å². The third-order valence-electron chi connectivity index (χ3n) is 2.54. The summed E-state index contributed by atoms with van der Waals surface area (Å²) in [6.45, 7) is 1.23. The zero-order chi connectivity index (χ0) is 10.7. The summed E-state index contributed by atoms with van der Waals surface area (Å²) in [5, 5.41) is 12.0. The zero-order valence-electron chi connectivity index (χ0n) is 8.62. The van der Waals surface area contributed by atoms with Crippen molar-refractivity contribution in [1.82, 2.24) is 0 Å². The van der Waals surface area contributed by atoms with Gasteiger partial charge in [0.15, 0.2) is 5.75 Å². The quantitative estimate of drug-likeness (QED) is 0.648. The summed E-state index contributed by atoms with van der Waals surface area (Å²) in [5.74, 6) is 0.682. The lowest BCUT2D eigenvalue weighted by Crippen LogP contribution is -2.15. The highest BCUT2D eigenvalue weighted by Gasteiger charge is 2.15. The van der Waals surface area contributed by atoms with Gasteiger partial charge in [-0.3, -0.25) is 0 Å². The Balaban J connectivity index is 2.32. The summed E-state index contributed by atoms with van der Waals surface area (Å²) in [4.78, 5) is 0. The largest absolute Gasteiger partial charge is 0.487 e. The van der Waals surface area contributed by atoms with E-state index < -0.39 is 0 Å². The molecule has 1 heterocycles. The van der Waals surface area contributed by atoms with Crippen molar-refractivity contribution in [3.63, 3.8) is 0 Å². The fourth-order valence-corrected chi connectivity index (χ4v) is 1.84. The van der Waals surface area contributed by atoms with Crippen LogP contribution < -0.4 is 15.8 Å². The summed E-state index contributed by atoms with van der Waals surface area (Å²) in [6, 6.07) is 3.89. The molecule has 1 aromatic rings. The van der Waals surface area contributed by atoms with Gasteiger partial charge in [-0.1, -0.05) is 6.07 Å². The first kappa shape index (κ1) is 10.1. The Morgan fingerprint density at radius 2 is 2.33 bits per heavy atom. The van der Waals surface area contributed by atoms with E-state index in [2.05, 4.69) is 5.32 Å². The average molecular weight is 208 g/mol. The number of aliphatic hydroxyl groups excluding tert-OH is 1. The molecule has 2 rings (SSSR count). The van der Waals surface area contributed by atoms with Crippen molar-refractivity contribution >= 4 is 11.4 Å². The van der Waals surface area contributed by atoms with E-state index in [1.54, 1.807) is 0 Å². The van der Waals surface area contributed by atoms with Crippen LogP contribution in [0.25, 0.3) is 0 Å². The van der Waals surface area contributed by atoms with E-state index in [1.165, 1.54) is 5.56 Å². The van der Waals surface area contributed by atoms with Gasteiger partial charge in [0.05, 0.1) is 18.0 Å². The number of aryl methyl sites for hydroxylation is 1. The zero-order valence-corrected chi connectivity index (χ0v) is 8.62. The molecule has 4 nitrogen and oxygen atoms in total. The van der Waals surface area contributed by atoms with E-state index in [0.717, 1.165) is 25.1 Å². The Bertz CT molecular complexity index is 353. The second-order valence-corrected chi connectivity index (χ2v) is 3.62. The minimum absolute atomic E-state index is 0.00308. The number of benzene rings is 1. The van der Waals surface area contributed by atoms with Crippen molar-refractivity contribution < 1.29 is 9.84 Å². The molecule has 1 aromatic carbocycles. The van der Waals surface area contributed by atoms with E-state index >= 15 is 0 Å². The predicted molar refractivity (Wildman–Crippen MR) is 60.2 cm³/mol. The molecule has 0 aromatic heterocycles. The molecule has 4 N–H and O–H groups in total. The highest BCUT2D eigenvalue weighted by molar-refractivity contribution is 5.73. The molecule has 0 spiro atoms. The lowest BCUT2D eigenvalue weighted by molar-refractivity contribution is 0.202. The van der Waals surface area contributed by atoms with E-state index in [-0.39, 0.29) is 13.2 Å². The highest BCUT2D eigenvalue weighted by atomic mass is 16.5. The van der Waals surface area contributed by atoms with Gasteiger partial charge in [-0.2, -0.15) is 0 Å². The maximum absolute atomic E-state index is 8.74. The van der Waals surface area contributed by atoms with Crippen LogP contribution in [0.2, 0.25) is 0 Å². The molecule has 0 atom stereocenters. The number of anilines is 2. The van der Waals surface area contributed by atoms with E-state index in [0.29, 0.717) is 11.4 Å². The standard InChI is InChI=1S/C11H16N2O2/c12-9-4-3-8-2-1-5-13-10(8)11(9)15-7-6-14/h3-4,13-14H,1-2,5-7,12H2. The first-order chi connectivity index (χ1) is 7.33. The molecule has 82 valence electrons. The van der Waals surface area contributed by atoms with Crippen LogP contribution in [0.15, 0.2) is 12.1 Å². The second kappa shape index (κ2) is 4.40. The monoisotopic (exact) mass is 208 g/mol. The van der Waals surface area contributed by atoms with Crippen LogP contribution in [0.5, 0.6) is 5.75 Å². The lowest BCUT2D eigenvalue weighted by Gasteiger charge is -2.22. The van der Waals surface area contributed by atoms with Crippen LogP contribution in [0.4, 0.5) is 11.4 Å². The number of ether oxygens (including phenoxy) is 1. The minimum atomic E-state index is 0.00308. The molecule has 15 heavy (non-hydrogen) atoms. The number of nitrogen functional groups attached to an aromatic ring is 1. The Morgan fingerprint density at radius 3 is 3.13 bits per heavy atom. The molecule has 0 aliphatic carbocycles. The van der Waals surface area contributed by atoms with Gasteiger partial charge >= 0.3 is 0 Å². The molecule has 0 bridgehead atoms. The summed E-state index contributed by atoms with van der Waals surface area (Å²) >= 11 is 0. The summed E-state index contributed by atoms with van der Waals surface area (Å²) < 4.78 is 5.45. The maximum atomic E-state index is 8.74. The molecule has 0 amide bonds. The summed E-state index contributed by atoms with van der Waals surface area (Å²) in [5.41, 5.74) is 8.69. The van der Waals surface area contributed by atoms with Gasteiger partial charge in [-0.05, 0) is 24.5 Å². The van der Waals surface area contributed by atoms with Gasteiger partial charge < -0.3 is 20.9 Å². The van der Waals surface area contributed by atoms with Crippen molar-refractivity contribution in [3.05, 3.63) is 17.7 Å². The first-order valence-corrected chi connectivity index (χ1v) is 5.22. The predicted octanol–water partition coefficient (Wildman–Crippen LogP) is 0.998. The van der Waals surface area contributed by atoms with E-state index in [4.69, 9.17) is 15.6 Å². The van der Waals surface area contributed by atoms with Crippen molar-refractivity contribution in [2.24, 2.45) is 0 Å². The fourth-order valence-electron chi connectivity index (χ4n) is 1.84. The number of fused-ring (bicyclic) bond motifs is 1. The molecule has 1 aliphatic heterocycles. The Morgan fingerprint density at radius 1 is 1.47 bits per heavy atom.